The second-order valence-corrected chi connectivity index (χ2v) is 10.7. The highest BCUT2D eigenvalue weighted by molar-refractivity contribution is 7.99. The molecule has 0 bridgehead atoms. The first kappa shape index (κ1) is 27.1. The summed E-state index contributed by atoms with van der Waals surface area (Å²) in [4.78, 5) is 45.0. The number of aromatic nitrogens is 2. The Morgan fingerprint density at radius 2 is 1.86 bits per heavy atom. The maximum Gasteiger partial charge on any atom is 0.328 e. The van der Waals surface area contributed by atoms with Crippen molar-refractivity contribution in [1.82, 2.24) is 9.97 Å². The first-order valence-corrected chi connectivity index (χ1v) is 13.6. The predicted molar refractivity (Wildman–Crippen MR) is 139 cm³/mol. The van der Waals surface area contributed by atoms with Crippen LogP contribution in [0.4, 0.5) is 0 Å². The van der Waals surface area contributed by atoms with E-state index in [0.717, 1.165) is 17.7 Å². The first-order valence-electron chi connectivity index (χ1n) is 12.6. The standard InChI is InChI=1S/C27H37N3O4S/c1-4-21-23(15-18-8-6-5-7-9-18)29-27(30-25(21)32)35-16-24(31)19-10-12-20(13-11-19)34-26(33)22(28)14-17(2)3/h10-13,17-18,22H,4-9,14-16,28H2,1-3H3,(H,29,30,32). The Balaban J connectivity index is 1.60. The van der Waals surface area contributed by atoms with Crippen molar-refractivity contribution < 1.29 is 14.3 Å². The number of thioether (sulfide) groups is 1. The van der Waals surface area contributed by atoms with E-state index in [-0.39, 0.29) is 17.1 Å². The molecule has 35 heavy (non-hydrogen) atoms. The first-order chi connectivity index (χ1) is 16.8. The molecule has 1 aliphatic rings. The van der Waals surface area contributed by atoms with E-state index in [4.69, 9.17) is 15.5 Å². The molecule has 1 saturated carbocycles. The number of hydrogen-bond acceptors (Lipinski definition) is 7. The average molecular weight is 500 g/mol. The lowest BCUT2D eigenvalue weighted by Crippen LogP contribution is -2.35. The zero-order valence-corrected chi connectivity index (χ0v) is 21.8. The summed E-state index contributed by atoms with van der Waals surface area (Å²) >= 11 is 1.24. The maximum absolute atomic E-state index is 12.7. The summed E-state index contributed by atoms with van der Waals surface area (Å²) in [6.45, 7) is 5.96. The molecule has 0 aliphatic heterocycles. The normalized spacial score (nSPS) is 15.2. The third kappa shape index (κ3) is 8.04. The summed E-state index contributed by atoms with van der Waals surface area (Å²) in [7, 11) is 0. The van der Waals surface area contributed by atoms with Crippen molar-refractivity contribution in [2.24, 2.45) is 17.6 Å². The Morgan fingerprint density at radius 1 is 1.17 bits per heavy atom. The molecule has 0 amide bonds. The van der Waals surface area contributed by atoms with Gasteiger partial charge in [0.15, 0.2) is 10.9 Å². The molecule has 2 aromatic rings. The largest absolute Gasteiger partial charge is 0.425 e. The van der Waals surface area contributed by atoms with Crippen LogP contribution in [0.15, 0.2) is 34.2 Å². The molecule has 1 aliphatic carbocycles. The third-order valence-corrected chi connectivity index (χ3v) is 7.28. The summed E-state index contributed by atoms with van der Waals surface area (Å²) in [5, 5.41) is 0.482. The van der Waals surface area contributed by atoms with Gasteiger partial charge in [0, 0.05) is 11.1 Å². The minimum absolute atomic E-state index is 0.0968. The monoisotopic (exact) mass is 499 g/mol. The smallest absolute Gasteiger partial charge is 0.328 e. The van der Waals surface area contributed by atoms with Gasteiger partial charge in [0.2, 0.25) is 0 Å². The van der Waals surface area contributed by atoms with E-state index in [1.807, 2.05) is 20.8 Å². The van der Waals surface area contributed by atoms with Crippen molar-refractivity contribution in [1.29, 1.82) is 0 Å². The number of ether oxygens (including phenoxy) is 1. The molecule has 1 aromatic heterocycles. The van der Waals surface area contributed by atoms with Crippen molar-refractivity contribution in [2.45, 2.75) is 83.3 Å². The fraction of sp³-hybridized carbons (Fsp3) is 0.556. The molecule has 0 saturated heterocycles. The molecular weight excluding hydrogens is 462 g/mol. The molecule has 1 unspecified atom stereocenters. The number of carbonyl (C=O) groups is 2. The van der Waals surface area contributed by atoms with Gasteiger partial charge >= 0.3 is 5.97 Å². The summed E-state index contributed by atoms with van der Waals surface area (Å²) in [6, 6.07) is 5.77. The van der Waals surface area contributed by atoms with E-state index in [2.05, 4.69) is 4.98 Å². The number of carbonyl (C=O) groups excluding carboxylic acids is 2. The van der Waals surface area contributed by atoms with Crippen LogP contribution in [0.2, 0.25) is 0 Å². The highest BCUT2D eigenvalue weighted by Gasteiger charge is 2.20. The molecular formula is C27H37N3O4S. The van der Waals surface area contributed by atoms with Gasteiger partial charge in [-0.2, -0.15) is 0 Å². The molecule has 3 N–H and O–H groups in total. The van der Waals surface area contributed by atoms with E-state index in [0.29, 0.717) is 41.1 Å². The number of rotatable bonds is 11. The van der Waals surface area contributed by atoms with Crippen molar-refractivity contribution in [3.63, 3.8) is 0 Å². The van der Waals surface area contributed by atoms with Gasteiger partial charge in [0.1, 0.15) is 11.8 Å². The maximum atomic E-state index is 12.7. The number of nitrogens with one attached hydrogen (secondary N) is 1. The Labute approximate surface area is 211 Å². The van der Waals surface area contributed by atoms with Gasteiger partial charge in [-0.1, -0.05) is 64.6 Å². The van der Waals surface area contributed by atoms with Gasteiger partial charge in [0.25, 0.3) is 5.56 Å². The summed E-state index contributed by atoms with van der Waals surface area (Å²) in [6.07, 6.45) is 8.18. The molecule has 3 rings (SSSR count). The highest BCUT2D eigenvalue weighted by Crippen LogP contribution is 2.27. The fourth-order valence-corrected chi connectivity index (χ4v) is 5.28. The SMILES string of the molecule is CCc1c(CC2CCCCC2)nc(SCC(=O)c2ccc(OC(=O)C(N)CC(C)C)cc2)[nH]c1=O. The summed E-state index contributed by atoms with van der Waals surface area (Å²) in [5.74, 6) is 0.794. The predicted octanol–water partition coefficient (Wildman–Crippen LogP) is 4.71. The van der Waals surface area contributed by atoms with Gasteiger partial charge in [-0.3, -0.25) is 9.59 Å². The number of nitrogens with zero attached hydrogens (tertiary/aromatic N) is 1. The Hall–Kier alpha value is -2.45. The lowest BCUT2D eigenvalue weighted by molar-refractivity contribution is -0.136. The second kappa shape index (κ2) is 13.0. The molecule has 1 atom stereocenters. The Bertz CT molecular complexity index is 1060. The molecule has 8 heteroatoms. The van der Waals surface area contributed by atoms with Crippen LogP contribution in [0, 0.1) is 11.8 Å². The molecule has 190 valence electrons. The van der Waals surface area contributed by atoms with E-state index in [1.165, 1.54) is 43.9 Å². The minimum Gasteiger partial charge on any atom is -0.425 e. The molecule has 1 heterocycles. The second-order valence-electron chi connectivity index (χ2n) is 9.75. The van der Waals surface area contributed by atoms with Crippen LogP contribution < -0.4 is 16.0 Å². The van der Waals surface area contributed by atoms with Crippen LogP contribution in [0.3, 0.4) is 0 Å². The van der Waals surface area contributed by atoms with E-state index >= 15 is 0 Å². The third-order valence-electron chi connectivity index (χ3n) is 6.40. The van der Waals surface area contributed by atoms with Crippen LogP contribution in [-0.2, 0) is 17.6 Å². The zero-order valence-electron chi connectivity index (χ0n) is 21.0. The summed E-state index contributed by atoms with van der Waals surface area (Å²) in [5.41, 5.74) is 7.89. The molecule has 0 radical (unpaired) electrons. The lowest BCUT2D eigenvalue weighted by Gasteiger charge is -2.22. The van der Waals surface area contributed by atoms with Crippen molar-refractivity contribution in [3.8, 4) is 5.75 Å². The van der Waals surface area contributed by atoms with Crippen LogP contribution in [0.25, 0.3) is 0 Å². The Morgan fingerprint density at radius 3 is 2.49 bits per heavy atom. The highest BCUT2D eigenvalue weighted by atomic mass is 32.2. The molecule has 7 nitrogen and oxygen atoms in total. The number of nitrogens with two attached hydrogens (primary N) is 1. The van der Waals surface area contributed by atoms with Gasteiger partial charge in [-0.15, -0.1) is 0 Å². The van der Waals surface area contributed by atoms with Crippen LogP contribution in [0.1, 0.15) is 80.9 Å². The fourth-order valence-electron chi connectivity index (χ4n) is 4.51. The molecule has 1 fully saturated rings. The van der Waals surface area contributed by atoms with Gasteiger partial charge in [-0.05, 0) is 55.4 Å². The topological polar surface area (TPSA) is 115 Å². The number of benzene rings is 1. The number of esters is 1. The quantitative estimate of drug-likeness (QED) is 0.151. The number of aromatic amines is 1. The van der Waals surface area contributed by atoms with Crippen molar-refractivity contribution >= 4 is 23.5 Å². The van der Waals surface area contributed by atoms with Crippen LogP contribution in [0.5, 0.6) is 5.75 Å². The van der Waals surface area contributed by atoms with E-state index in [1.54, 1.807) is 24.3 Å². The minimum atomic E-state index is -0.676. The Kier molecular flexibility index (Phi) is 10.1. The zero-order chi connectivity index (χ0) is 25.4. The van der Waals surface area contributed by atoms with Crippen molar-refractivity contribution in [3.05, 3.63) is 51.4 Å². The number of hydrogen-bond donors (Lipinski definition) is 2. The molecule has 0 spiro atoms. The number of ketones is 1. The lowest BCUT2D eigenvalue weighted by atomic mass is 9.85. The average Bonchev–Trinajstić information content (AvgIpc) is 2.83. The number of Topliss-reactive ketones (excluding diaryl/α,β-unsaturated/α-hetero) is 1. The van der Waals surface area contributed by atoms with Gasteiger partial charge in [-0.25, -0.2) is 9.78 Å². The van der Waals surface area contributed by atoms with Gasteiger partial charge in [0.05, 0.1) is 11.4 Å². The van der Waals surface area contributed by atoms with Gasteiger partial charge < -0.3 is 15.5 Å². The van der Waals surface area contributed by atoms with E-state index < -0.39 is 12.0 Å². The number of H-pyrrole nitrogens is 1. The van der Waals surface area contributed by atoms with Crippen molar-refractivity contribution in [2.75, 3.05) is 5.75 Å². The van der Waals surface area contributed by atoms with Crippen LogP contribution in [-0.4, -0.2) is 33.5 Å². The summed E-state index contributed by atoms with van der Waals surface area (Å²) < 4.78 is 5.32. The van der Waals surface area contributed by atoms with Crippen LogP contribution >= 0.6 is 11.8 Å². The van der Waals surface area contributed by atoms with E-state index in [9.17, 15) is 14.4 Å². The molecule has 1 aromatic carbocycles.